The molecule has 0 aliphatic heterocycles. The highest BCUT2D eigenvalue weighted by Crippen LogP contribution is 2.18. The van der Waals surface area contributed by atoms with E-state index in [4.69, 9.17) is 0 Å². The van der Waals surface area contributed by atoms with Gasteiger partial charge in [0.05, 0.1) is 31.4 Å². The molecule has 0 spiro atoms. The highest BCUT2D eigenvalue weighted by atomic mass is 32.1. The molecule has 1 aromatic carbocycles. The van der Waals surface area contributed by atoms with Crippen molar-refractivity contribution in [3.8, 4) is 5.69 Å². The van der Waals surface area contributed by atoms with Gasteiger partial charge >= 0.3 is 0 Å². The molecular formula is C21H19N3OS2. The van der Waals surface area contributed by atoms with Crippen LogP contribution in [0.15, 0.2) is 77.8 Å². The van der Waals surface area contributed by atoms with E-state index >= 15 is 0 Å². The summed E-state index contributed by atoms with van der Waals surface area (Å²) in [7, 11) is 0. The Morgan fingerprint density at radius 1 is 0.926 bits per heavy atom. The molecular weight excluding hydrogens is 374 g/mol. The maximum absolute atomic E-state index is 13.0. The van der Waals surface area contributed by atoms with Crippen molar-refractivity contribution in [2.24, 2.45) is 0 Å². The number of thiophene rings is 2. The Kier molecular flexibility index (Phi) is 5.46. The Bertz CT molecular complexity index is 940. The van der Waals surface area contributed by atoms with Crippen LogP contribution in [0, 0.1) is 0 Å². The highest BCUT2D eigenvalue weighted by Gasteiger charge is 2.17. The molecule has 0 aliphatic rings. The van der Waals surface area contributed by atoms with Gasteiger partial charge in [0.1, 0.15) is 0 Å². The largest absolute Gasteiger partial charge is 0.332 e. The van der Waals surface area contributed by atoms with Crippen LogP contribution >= 0.6 is 22.7 Å². The van der Waals surface area contributed by atoms with Crippen molar-refractivity contribution in [3.05, 3.63) is 93.1 Å². The van der Waals surface area contributed by atoms with Gasteiger partial charge in [-0.15, -0.1) is 22.7 Å². The van der Waals surface area contributed by atoms with Crippen LogP contribution in [-0.2, 0) is 24.3 Å². The van der Waals surface area contributed by atoms with Gasteiger partial charge in [-0.2, -0.15) is 5.10 Å². The van der Waals surface area contributed by atoms with Gasteiger partial charge in [-0.3, -0.25) is 4.79 Å². The molecule has 136 valence electrons. The fourth-order valence-electron chi connectivity index (χ4n) is 2.87. The number of hydrogen-bond donors (Lipinski definition) is 0. The number of carbonyl (C=O) groups excluding carboxylic acids is 1. The summed E-state index contributed by atoms with van der Waals surface area (Å²) in [5.74, 6) is 0.115. The monoisotopic (exact) mass is 393 g/mol. The molecule has 4 nitrogen and oxygen atoms in total. The van der Waals surface area contributed by atoms with E-state index in [9.17, 15) is 4.79 Å². The van der Waals surface area contributed by atoms with Crippen molar-refractivity contribution in [3.63, 3.8) is 0 Å². The van der Waals surface area contributed by atoms with Crippen molar-refractivity contribution in [2.45, 2.75) is 19.5 Å². The minimum Gasteiger partial charge on any atom is -0.332 e. The molecule has 0 fully saturated rings. The van der Waals surface area contributed by atoms with Gasteiger partial charge in [-0.05, 0) is 40.6 Å². The van der Waals surface area contributed by atoms with Crippen molar-refractivity contribution >= 4 is 28.6 Å². The van der Waals surface area contributed by atoms with Gasteiger partial charge in [0.15, 0.2) is 0 Å². The summed E-state index contributed by atoms with van der Waals surface area (Å²) in [5.41, 5.74) is 1.91. The summed E-state index contributed by atoms with van der Waals surface area (Å²) < 4.78 is 1.81. The first-order chi connectivity index (χ1) is 13.3. The fourth-order valence-corrected chi connectivity index (χ4v) is 4.31. The number of rotatable bonds is 7. The molecule has 1 amide bonds. The van der Waals surface area contributed by atoms with Crippen molar-refractivity contribution in [1.82, 2.24) is 14.7 Å². The predicted octanol–water partition coefficient (Wildman–Crippen LogP) is 4.77. The first-order valence-electron chi connectivity index (χ1n) is 8.69. The van der Waals surface area contributed by atoms with Crippen LogP contribution in [0.1, 0.15) is 15.3 Å². The van der Waals surface area contributed by atoms with E-state index in [1.807, 2.05) is 69.0 Å². The predicted molar refractivity (Wildman–Crippen MR) is 110 cm³/mol. The topological polar surface area (TPSA) is 38.1 Å². The zero-order chi connectivity index (χ0) is 18.5. The molecule has 0 aliphatic carbocycles. The van der Waals surface area contributed by atoms with E-state index in [-0.39, 0.29) is 5.91 Å². The van der Waals surface area contributed by atoms with Gasteiger partial charge in [0, 0.05) is 16.0 Å². The molecule has 0 saturated carbocycles. The molecule has 3 heterocycles. The average Bonchev–Trinajstić information content (AvgIpc) is 3.45. The number of amides is 1. The Morgan fingerprint density at radius 3 is 2.19 bits per heavy atom. The number of benzene rings is 1. The van der Waals surface area contributed by atoms with Crippen LogP contribution in [-0.4, -0.2) is 20.6 Å². The van der Waals surface area contributed by atoms with Gasteiger partial charge in [0.2, 0.25) is 5.91 Å². The number of aromatic nitrogens is 2. The van der Waals surface area contributed by atoms with Crippen molar-refractivity contribution < 1.29 is 4.79 Å². The van der Waals surface area contributed by atoms with Gasteiger partial charge in [0.25, 0.3) is 0 Å². The smallest absolute Gasteiger partial charge is 0.227 e. The molecule has 0 N–H and O–H groups in total. The summed E-state index contributed by atoms with van der Waals surface area (Å²) in [5, 5.41) is 8.50. The molecule has 0 saturated heterocycles. The van der Waals surface area contributed by atoms with Gasteiger partial charge < -0.3 is 4.90 Å². The maximum Gasteiger partial charge on any atom is 0.227 e. The highest BCUT2D eigenvalue weighted by molar-refractivity contribution is 7.10. The lowest BCUT2D eigenvalue weighted by Crippen LogP contribution is -2.30. The quantitative estimate of drug-likeness (QED) is 0.454. The van der Waals surface area contributed by atoms with E-state index in [1.54, 1.807) is 28.9 Å². The summed E-state index contributed by atoms with van der Waals surface area (Å²) in [6.07, 6.45) is 4.06. The van der Waals surface area contributed by atoms with Gasteiger partial charge in [-0.1, -0.05) is 30.3 Å². The minimum atomic E-state index is 0.115. The van der Waals surface area contributed by atoms with Crippen LogP contribution in [0.4, 0.5) is 0 Å². The second kappa shape index (κ2) is 8.33. The van der Waals surface area contributed by atoms with Crippen molar-refractivity contribution in [2.75, 3.05) is 0 Å². The van der Waals surface area contributed by atoms with E-state index in [1.165, 1.54) is 9.75 Å². The van der Waals surface area contributed by atoms with E-state index in [0.29, 0.717) is 19.5 Å². The molecule has 4 rings (SSSR count). The standard InChI is InChI=1S/C21H19N3OS2/c25-21(12-17-13-22-24(14-17)18-6-2-1-3-7-18)23(15-19-8-4-10-26-19)16-20-9-5-11-27-20/h1-11,13-14H,12,15-16H2. The molecule has 0 bridgehead atoms. The first kappa shape index (κ1) is 17.7. The molecule has 3 aromatic heterocycles. The van der Waals surface area contributed by atoms with Crippen molar-refractivity contribution in [1.29, 1.82) is 0 Å². The maximum atomic E-state index is 13.0. The lowest BCUT2D eigenvalue weighted by Gasteiger charge is -2.21. The second-order valence-corrected chi connectivity index (χ2v) is 8.28. The lowest BCUT2D eigenvalue weighted by molar-refractivity contribution is -0.131. The van der Waals surface area contributed by atoms with Crippen LogP contribution in [0.5, 0.6) is 0 Å². The van der Waals surface area contributed by atoms with E-state index in [0.717, 1.165) is 11.3 Å². The molecule has 4 aromatic rings. The first-order valence-corrected chi connectivity index (χ1v) is 10.5. The third kappa shape index (κ3) is 4.53. The Balaban J connectivity index is 1.48. The third-order valence-electron chi connectivity index (χ3n) is 4.22. The lowest BCUT2D eigenvalue weighted by atomic mass is 10.2. The molecule has 0 radical (unpaired) electrons. The summed E-state index contributed by atoms with van der Waals surface area (Å²) in [6, 6.07) is 18.1. The summed E-state index contributed by atoms with van der Waals surface area (Å²) >= 11 is 3.36. The van der Waals surface area contributed by atoms with E-state index in [2.05, 4.69) is 17.2 Å². The molecule has 0 atom stereocenters. The minimum absolute atomic E-state index is 0.115. The SMILES string of the molecule is O=C(Cc1cnn(-c2ccccc2)c1)N(Cc1cccs1)Cc1cccs1. The van der Waals surface area contributed by atoms with Gasteiger partial charge in [-0.25, -0.2) is 4.68 Å². The Morgan fingerprint density at radius 2 is 1.59 bits per heavy atom. The average molecular weight is 394 g/mol. The molecule has 0 unspecified atom stereocenters. The fraction of sp³-hybridized carbons (Fsp3) is 0.143. The number of para-hydroxylation sites is 1. The van der Waals surface area contributed by atoms with Crippen LogP contribution in [0.25, 0.3) is 5.69 Å². The number of nitrogens with zero attached hydrogens (tertiary/aromatic N) is 3. The zero-order valence-corrected chi connectivity index (χ0v) is 16.3. The molecule has 6 heteroatoms. The van der Waals surface area contributed by atoms with Crippen LogP contribution in [0.2, 0.25) is 0 Å². The van der Waals surface area contributed by atoms with Crippen LogP contribution in [0.3, 0.4) is 0 Å². The normalized spacial score (nSPS) is 10.8. The summed E-state index contributed by atoms with van der Waals surface area (Å²) in [6.45, 7) is 1.28. The Hall–Kier alpha value is -2.70. The number of hydrogen-bond acceptors (Lipinski definition) is 4. The van der Waals surface area contributed by atoms with E-state index < -0.39 is 0 Å². The van der Waals surface area contributed by atoms with Crippen LogP contribution < -0.4 is 0 Å². The third-order valence-corrected chi connectivity index (χ3v) is 5.94. The summed E-state index contributed by atoms with van der Waals surface area (Å²) in [4.78, 5) is 17.3. The zero-order valence-electron chi connectivity index (χ0n) is 14.7. The Labute approximate surface area is 166 Å². The molecule has 27 heavy (non-hydrogen) atoms. The second-order valence-electron chi connectivity index (χ2n) is 6.21. The number of carbonyl (C=O) groups is 1.